The number of halogens is 1. The van der Waals surface area contributed by atoms with Crippen molar-refractivity contribution < 1.29 is 9.53 Å². The second kappa shape index (κ2) is 6.41. The largest absolute Gasteiger partial charge is 0.496 e. The van der Waals surface area contributed by atoms with Crippen LogP contribution in [0.2, 0.25) is 0 Å². The van der Waals surface area contributed by atoms with E-state index in [0.717, 1.165) is 16.0 Å². The Bertz CT molecular complexity index is 624. The van der Waals surface area contributed by atoms with Crippen molar-refractivity contribution >= 4 is 38.7 Å². The van der Waals surface area contributed by atoms with E-state index in [2.05, 4.69) is 32.3 Å². The highest BCUT2D eigenvalue weighted by Crippen LogP contribution is 2.31. The molecule has 0 amide bonds. The van der Waals surface area contributed by atoms with Crippen molar-refractivity contribution in [1.29, 1.82) is 0 Å². The molecule has 2 aromatic rings. The van der Waals surface area contributed by atoms with E-state index in [0.29, 0.717) is 11.3 Å². The van der Waals surface area contributed by atoms with Crippen LogP contribution in [-0.4, -0.2) is 19.9 Å². The topological polar surface area (TPSA) is 29.5 Å². The monoisotopic (exact) mass is 353 g/mol. The highest BCUT2D eigenvalue weighted by Gasteiger charge is 2.16. The average molecular weight is 354 g/mol. The van der Waals surface area contributed by atoms with E-state index in [9.17, 15) is 4.79 Å². The lowest BCUT2D eigenvalue weighted by molar-refractivity contribution is 0.101. The number of hydrogen-bond acceptors (Lipinski definition) is 4. The summed E-state index contributed by atoms with van der Waals surface area (Å²) >= 11 is 5.12. The second-order valence-corrected chi connectivity index (χ2v) is 6.82. The second-order valence-electron chi connectivity index (χ2n) is 4.53. The minimum atomic E-state index is 0.01000. The molecule has 0 atom stereocenters. The summed E-state index contributed by atoms with van der Waals surface area (Å²) in [5.41, 5.74) is 2.73. The van der Waals surface area contributed by atoms with E-state index in [1.54, 1.807) is 25.4 Å². The van der Waals surface area contributed by atoms with E-state index in [1.807, 2.05) is 25.2 Å². The third-order valence-electron chi connectivity index (χ3n) is 3.03. The molecule has 0 saturated carbocycles. The molecule has 0 saturated heterocycles. The number of ether oxygens (including phenoxy) is 1. The number of ketones is 1. The number of benzene rings is 1. The van der Waals surface area contributed by atoms with Gasteiger partial charge in [-0.05, 0) is 52.0 Å². The van der Waals surface area contributed by atoms with Crippen molar-refractivity contribution in [2.75, 3.05) is 19.1 Å². The first-order valence-electron chi connectivity index (χ1n) is 6.15. The molecule has 0 aliphatic rings. The van der Waals surface area contributed by atoms with Crippen molar-refractivity contribution in [3.05, 3.63) is 44.6 Å². The fourth-order valence-electron chi connectivity index (χ4n) is 2.15. The van der Waals surface area contributed by atoms with Crippen molar-refractivity contribution in [1.82, 2.24) is 0 Å². The van der Waals surface area contributed by atoms with Crippen LogP contribution in [0.5, 0.6) is 5.75 Å². The number of carbonyl (C=O) groups is 1. The van der Waals surface area contributed by atoms with Crippen LogP contribution in [0.4, 0.5) is 5.69 Å². The third-order valence-corrected chi connectivity index (χ3v) is 4.58. The molecule has 0 unspecified atom stereocenters. The predicted molar refractivity (Wildman–Crippen MR) is 87.1 cm³/mol. The molecule has 0 N–H and O–H groups in total. The van der Waals surface area contributed by atoms with Gasteiger partial charge in [0.2, 0.25) is 0 Å². The van der Waals surface area contributed by atoms with Crippen LogP contribution in [-0.2, 0) is 6.54 Å². The number of methoxy groups -OCH3 is 1. The Balaban J connectivity index is 2.34. The standard InChI is InChI=1S/C15H16BrNO2S/c1-10(18)15-12(5-4-6-13(15)19-3)17(2)8-11-7-14(16)20-9-11/h4-7,9H,8H2,1-3H3. The Labute approximate surface area is 131 Å². The zero-order valence-corrected chi connectivity index (χ0v) is 14.0. The van der Waals surface area contributed by atoms with Gasteiger partial charge in [-0.3, -0.25) is 4.79 Å². The normalized spacial score (nSPS) is 10.4. The van der Waals surface area contributed by atoms with Gasteiger partial charge < -0.3 is 9.64 Å². The van der Waals surface area contributed by atoms with Crippen LogP contribution in [0.15, 0.2) is 33.4 Å². The fourth-order valence-corrected chi connectivity index (χ4v) is 3.35. The van der Waals surface area contributed by atoms with E-state index in [-0.39, 0.29) is 5.78 Å². The first kappa shape index (κ1) is 15.1. The fraction of sp³-hybridized carbons (Fsp3) is 0.267. The zero-order chi connectivity index (χ0) is 14.7. The molecule has 1 aromatic heterocycles. The molecule has 0 aliphatic heterocycles. The summed E-state index contributed by atoms with van der Waals surface area (Å²) in [6.07, 6.45) is 0. The Morgan fingerprint density at radius 1 is 1.45 bits per heavy atom. The van der Waals surface area contributed by atoms with Crippen LogP contribution in [0.25, 0.3) is 0 Å². The maximum atomic E-state index is 11.9. The SMILES string of the molecule is COc1cccc(N(C)Cc2csc(Br)c2)c1C(C)=O. The van der Waals surface area contributed by atoms with Crippen molar-refractivity contribution in [3.8, 4) is 5.75 Å². The Morgan fingerprint density at radius 2 is 2.20 bits per heavy atom. The van der Waals surface area contributed by atoms with Gasteiger partial charge in [0.15, 0.2) is 5.78 Å². The van der Waals surface area contributed by atoms with Gasteiger partial charge in [-0.2, -0.15) is 0 Å². The lowest BCUT2D eigenvalue weighted by Gasteiger charge is -2.22. The summed E-state index contributed by atoms with van der Waals surface area (Å²) in [6.45, 7) is 2.31. The van der Waals surface area contributed by atoms with Gasteiger partial charge in [0.1, 0.15) is 5.75 Å². The van der Waals surface area contributed by atoms with Gasteiger partial charge in [-0.1, -0.05) is 6.07 Å². The number of carbonyl (C=O) groups excluding carboxylic acids is 1. The summed E-state index contributed by atoms with van der Waals surface area (Å²) < 4.78 is 6.41. The zero-order valence-electron chi connectivity index (χ0n) is 11.6. The van der Waals surface area contributed by atoms with Crippen LogP contribution < -0.4 is 9.64 Å². The minimum absolute atomic E-state index is 0.01000. The molecule has 0 fully saturated rings. The maximum absolute atomic E-state index is 11.9. The molecule has 1 aromatic carbocycles. The van der Waals surface area contributed by atoms with E-state index in [4.69, 9.17) is 4.74 Å². The predicted octanol–water partition coefficient (Wildman–Crippen LogP) is 4.36. The number of nitrogens with zero attached hydrogens (tertiary/aromatic N) is 1. The Morgan fingerprint density at radius 3 is 2.75 bits per heavy atom. The summed E-state index contributed by atoms with van der Waals surface area (Å²) in [5.74, 6) is 0.629. The van der Waals surface area contributed by atoms with Gasteiger partial charge in [0, 0.05) is 13.6 Å². The molecule has 5 heteroatoms. The molecule has 3 nitrogen and oxygen atoms in total. The summed E-state index contributed by atoms with van der Waals surface area (Å²) in [6, 6.07) is 7.76. The van der Waals surface area contributed by atoms with Gasteiger partial charge >= 0.3 is 0 Å². The lowest BCUT2D eigenvalue weighted by atomic mass is 10.1. The first-order valence-corrected chi connectivity index (χ1v) is 7.82. The minimum Gasteiger partial charge on any atom is -0.496 e. The van der Waals surface area contributed by atoms with Gasteiger partial charge in [-0.15, -0.1) is 11.3 Å². The van der Waals surface area contributed by atoms with E-state index < -0.39 is 0 Å². The third kappa shape index (κ3) is 3.22. The maximum Gasteiger partial charge on any atom is 0.165 e. The molecule has 0 spiro atoms. The van der Waals surface area contributed by atoms with Crippen LogP contribution in [0.1, 0.15) is 22.8 Å². The van der Waals surface area contributed by atoms with Gasteiger partial charge in [0.05, 0.1) is 22.1 Å². The molecule has 1 heterocycles. The summed E-state index contributed by atoms with van der Waals surface area (Å²) in [7, 11) is 3.56. The lowest BCUT2D eigenvalue weighted by Crippen LogP contribution is -2.19. The molecule has 0 bridgehead atoms. The highest BCUT2D eigenvalue weighted by molar-refractivity contribution is 9.11. The smallest absolute Gasteiger partial charge is 0.165 e. The van der Waals surface area contributed by atoms with Crippen molar-refractivity contribution in [2.45, 2.75) is 13.5 Å². The molecular formula is C15H16BrNO2S. The molecule has 0 aliphatic carbocycles. The van der Waals surface area contributed by atoms with Gasteiger partial charge in [0.25, 0.3) is 0 Å². The number of thiophene rings is 1. The van der Waals surface area contributed by atoms with Crippen LogP contribution >= 0.6 is 27.3 Å². The number of hydrogen-bond donors (Lipinski definition) is 0. The summed E-state index contributed by atoms with van der Waals surface area (Å²) in [5, 5.41) is 2.11. The average Bonchev–Trinajstić information content (AvgIpc) is 2.82. The number of rotatable bonds is 5. The number of Topliss-reactive ketones (excluding diaryl/α,β-unsaturated/α-hetero) is 1. The van der Waals surface area contributed by atoms with Crippen LogP contribution in [0.3, 0.4) is 0 Å². The highest BCUT2D eigenvalue weighted by atomic mass is 79.9. The molecule has 106 valence electrons. The summed E-state index contributed by atoms with van der Waals surface area (Å²) in [4.78, 5) is 14.0. The first-order chi connectivity index (χ1) is 9.52. The van der Waals surface area contributed by atoms with Crippen LogP contribution in [0, 0.1) is 0 Å². The van der Waals surface area contributed by atoms with E-state index in [1.165, 1.54) is 5.56 Å². The number of anilines is 1. The van der Waals surface area contributed by atoms with Crippen molar-refractivity contribution in [2.24, 2.45) is 0 Å². The quantitative estimate of drug-likeness (QED) is 0.748. The Kier molecular flexibility index (Phi) is 4.83. The molecule has 2 rings (SSSR count). The molecule has 20 heavy (non-hydrogen) atoms. The molecule has 0 radical (unpaired) electrons. The van der Waals surface area contributed by atoms with E-state index >= 15 is 0 Å². The van der Waals surface area contributed by atoms with Gasteiger partial charge in [-0.25, -0.2) is 0 Å². The molecular weight excluding hydrogens is 338 g/mol. The Hall–Kier alpha value is -1.33. The van der Waals surface area contributed by atoms with Crippen molar-refractivity contribution in [3.63, 3.8) is 0 Å².